The number of aromatic amines is 1. The van der Waals surface area contributed by atoms with Gasteiger partial charge in [-0.05, 0) is 41.6 Å². The molecule has 2 aromatic carbocycles. The molecule has 0 saturated heterocycles. The molecular weight excluding hydrogens is 378 g/mol. The van der Waals surface area contributed by atoms with Crippen LogP contribution < -0.4 is 19.8 Å². The summed E-state index contributed by atoms with van der Waals surface area (Å²) in [5, 5.41) is 9.99. The van der Waals surface area contributed by atoms with Crippen LogP contribution in [0.5, 0.6) is 17.2 Å². The number of aromatic nitrogens is 2. The van der Waals surface area contributed by atoms with Gasteiger partial charge in [-0.1, -0.05) is 23.9 Å². The molecule has 7 nitrogen and oxygen atoms in total. The molecule has 1 aliphatic rings. The summed E-state index contributed by atoms with van der Waals surface area (Å²) in [5.74, 6) is 1.87. The first-order valence-corrected chi connectivity index (χ1v) is 9.54. The number of H-pyrrole nitrogens is 1. The van der Waals surface area contributed by atoms with Crippen molar-refractivity contribution in [2.24, 2.45) is 0 Å². The third-order valence-corrected chi connectivity index (χ3v) is 4.95. The molecule has 0 unspecified atom stereocenters. The van der Waals surface area contributed by atoms with Crippen LogP contribution in [0.4, 0.5) is 0 Å². The highest BCUT2D eigenvalue weighted by molar-refractivity contribution is 7.98. The Balaban J connectivity index is 2.00. The van der Waals surface area contributed by atoms with Crippen LogP contribution in [0.1, 0.15) is 5.56 Å². The van der Waals surface area contributed by atoms with Gasteiger partial charge in [0, 0.05) is 5.56 Å². The minimum absolute atomic E-state index is 0.0496. The smallest absolute Gasteiger partial charge is 0.270 e. The van der Waals surface area contributed by atoms with Gasteiger partial charge in [0.2, 0.25) is 6.79 Å². The summed E-state index contributed by atoms with van der Waals surface area (Å²) in [6, 6.07) is 13.0. The Bertz CT molecular complexity index is 1150. The molecule has 0 saturated carbocycles. The minimum atomic E-state index is -0.477. The highest BCUT2D eigenvalue weighted by atomic mass is 32.2. The number of fused-ring (bicyclic) bond motifs is 1. The van der Waals surface area contributed by atoms with Crippen molar-refractivity contribution < 1.29 is 14.2 Å². The molecule has 0 amide bonds. The lowest BCUT2D eigenvalue weighted by Gasteiger charge is -2.13. The molecular formula is C20H15N3O4S. The lowest BCUT2D eigenvalue weighted by molar-refractivity contribution is 0.174. The van der Waals surface area contributed by atoms with Crippen LogP contribution in [-0.2, 0) is 0 Å². The Kier molecular flexibility index (Phi) is 4.67. The number of nitrogens with zero attached hydrogens (tertiary/aromatic N) is 2. The van der Waals surface area contributed by atoms with Gasteiger partial charge in [-0.3, -0.25) is 4.79 Å². The normalized spacial score (nSPS) is 11.9. The Morgan fingerprint density at radius 3 is 2.46 bits per heavy atom. The summed E-state index contributed by atoms with van der Waals surface area (Å²) in [7, 11) is 1.60. The standard InChI is InChI=1S/C20H15N3O4S/c1-25-12-5-3-11(4-6-12)13-7-16-17(27-10-26-16)8-14(13)18-15(9-21)19(24)23-20(22-18)28-2/h3-8H,10H2,1-2H3,(H,22,23,24). The average molecular weight is 393 g/mol. The predicted octanol–water partition coefficient (Wildman–Crippen LogP) is 3.43. The van der Waals surface area contributed by atoms with Gasteiger partial charge in [-0.2, -0.15) is 5.26 Å². The van der Waals surface area contributed by atoms with E-state index in [4.69, 9.17) is 14.2 Å². The van der Waals surface area contributed by atoms with E-state index in [9.17, 15) is 10.1 Å². The first kappa shape index (κ1) is 17.9. The number of rotatable bonds is 4. The van der Waals surface area contributed by atoms with Crippen LogP contribution in [-0.4, -0.2) is 30.1 Å². The Hall–Kier alpha value is -3.44. The van der Waals surface area contributed by atoms with Gasteiger partial charge in [0.1, 0.15) is 17.4 Å². The lowest BCUT2D eigenvalue weighted by Crippen LogP contribution is -2.14. The monoisotopic (exact) mass is 393 g/mol. The summed E-state index contributed by atoms with van der Waals surface area (Å²) in [6.45, 7) is 0.116. The number of nitriles is 1. The van der Waals surface area contributed by atoms with Gasteiger partial charge in [-0.15, -0.1) is 0 Å². The van der Waals surface area contributed by atoms with Gasteiger partial charge in [0.15, 0.2) is 16.7 Å². The van der Waals surface area contributed by atoms with E-state index in [1.54, 1.807) is 19.4 Å². The maximum Gasteiger partial charge on any atom is 0.270 e. The van der Waals surface area contributed by atoms with E-state index in [1.165, 1.54) is 11.8 Å². The van der Waals surface area contributed by atoms with Gasteiger partial charge in [0.05, 0.1) is 12.8 Å². The third kappa shape index (κ3) is 3.06. The van der Waals surface area contributed by atoms with Gasteiger partial charge in [-0.25, -0.2) is 4.98 Å². The Morgan fingerprint density at radius 2 is 1.86 bits per heavy atom. The molecule has 0 atom stereocenters. The van der Waals surface area contributed by atoms with Crippen molar-refractivity contribution in [3.05, 3.63) is 52.3 Å². The molecule has 1 aliphatic heterocycles. The summed E-state index contributed by atoms with van der Waals surface area (Å²) in [4.78, 5) is 19.5. The quantitative estimate of drug-likeness (QED) is 0.536. The van der Waals surface area contributed by atoms with Crippen LogP contribution >= 0.6 is 11.8 Å². The number of hydrogen-bond acceptors (Lipinski definition) is 7. The highest BCUT2D eigenvalue weighted by Crippen LogP contribution is 2.43. The van der Waals surface area contributed by atoms with Gasteiger partial charge in [0.25, 0.3) is 5.56 Å². The van der Waals surface area contributed by atoms with Crippen LogP contribution in [0.25, 0.3) is 22.4 Å². The zero-order valence-corrected chi connectivity index (χ0v) is 15.9. The second-order valence-corrected chi connectivity index (χ2v) is 6.69. The van der Waals surface area contributed by atoms with Crippen molar-refractivity contribution in [2.45, 2.75) is 5.16 Å². The molecule has 0 bridgehead atoms. The van der Waals surface area contributed by atoms with Gasteiger partial charge >= 0.3 is 0 Å². The zero-order chi connectivity index (χ0) is 19.7. The highest BCUT2D eigenvalue weighted by Gasteiger charge is 2.23. The molecule has 1 N–H and O–H groups in total. The topological polar surface area (TPSA) is 97.2 Å². The molecule has 4 rings (SSSR count). The minimum Gasteiger partial charge on any atom is -0.497 e. The van der Waals surface area contributed by atoms with Crippen molar-refractivity contribution >= 4 is 11.8 Å². The number of benzene rings is 2. The van der Waals surface area contributed by atoms with Crippen molar-refractivity contribution in [1.82, 2.24) is 9.97 Å². The van der Waals surface area contributed by atoms with Crippen molar-refractivity contribution in [2.75, 3.05) is 20.2 Å². The van der Waals surface area contributed by atoms with Gasteiger partial charge < -0.3 is 19.2 Å². The van der Waals surface area contributed by atoms with Crippen LogP contribution in [0.3, 0.4) is 0 Å². The molecule has 0 fully saturated rings. The Morgan fingerprint density at radius 1 is 1.18 bits per heavy atom. The summed E-state index contributed by atoms with van der Waals surface area (Å²) >= 11 is 1.29. The van der Waals surface area contributed by atoms with Crippen molar-refractivity contribution in [1.29, 1.82) is 5.26 Å². The fourth-order valence-corrected chi connectivity index (χ4v) is 3.37. The first-order chi connectivity index (χ1) is 13.6. The molecule has 0 radical (unpaired) electrons. The second kappa shape index (κ2) is 7.29. The predicted molar refractivity (Wildman–Crippen MR) is 105 cm³/mol. The summed E-state index contributed by atoms with van der Waals surface area (Å²) < 4.78 is 16.2. The summed E-state index contributed by atoms with van der Waals surface area (Å²) in [6.07, 6.45) is 1.80. The van der Waals surface area contributed by atoms with E-state index in [-0.39, 0.29) is 12.4 Å². The maximum atomic E-state index is 12.4. The number of ether oxygens (including phenoxy) is 3. The lowest BCUT2D eigenvalue weighted by atomic mass is 9.95. The molecule has 28 heavy (non-hydrogen) atoms. The number of methoxy groups -OCH3 is 1. The van der Waals surface area contributed by atoms with E-state index < -0.39 is 5.56 Å². The molecule has 0 spiro atoms. The average Bonchev–Trinajstić information content (AvgIpc) is 3.19. The summed E-state index contributed by atoms with van der Waals surface area (Å²) in [5.41, 5.74) is 2.04. The van der Waals surface area contributed by atoms with Crippen LogP contribution in [0, 0.1) is 11.3 Å². The molecule has 2 heterocycles. The fraction of sp³-hybridized carbons (Fsp3) is 0.150. The molecule has 140 valence electrons. The van der Waals surface area contributed by atoms with Crippen molar-refractivity contribution in [3.63, 3.8) is 0 Å². The van der Waals surface area contributed by atoms with E-state index in [2.05, 4.69) is 9.97 Å². The molecule has 0 aliphatic carbocycles. The largest absolute Gasteiger partial charge is 0.497 e. The molecule has 3 aromatic rings. The van der Waals surface area contributed by atoms with Crippen LogP contribution in [0.2, 0.25) is 0 Å². The van der Waals surface area contributed by atoms with Crippen LogP contribution in [0.15, 0.2) is 46.3 Å². The molecule has 8 heteroatoms. The zero-order valence-electron chi connectivity index (χ0n) is 15.1. The number of thioether (sulfide) groups is 1. The first-order valence-electron chi connectivity index (χ1n) is 8.31. The van der Waals surface area contributed by atoms with Crippen molar-refractivity contribution in [3.8, 4) is 45.7 Å². The number of hydrogen-bond donors (Lipinski definition) is 1. The Labute approximate surface area is 164 Å². The third-order valence-electron chi connectivity index (χ3n) is 4.37. The van der Waals surface area contributed by atoms with E-state index >= 15 is 0 Å². The second-order valence-electron chi connectivity index (χ2n) is 5.89. The fourth-order valence-electron chi connectivity index (χ4n) is 3.00. The SMILES string of the molecule is COc1ccc(-c2cc3c(cc2-c2nc(SC)[nH]c(=O)c2C#N)OCO3)cc1. The maximum absolute atomic E-state index is 12.4. The van der Waals surface area contributed by atoms with E-state index in [1.807, 2.05) is 36.4 Å². The number of nitrogens with one attached hydrogen (secondary N) is 1. The van der Waals surface area contributed by atoms with E-state index in [0.717, 1.165) is 16.9 Å². The molecule has 1 aromatic heterocycles. The van der Waals surface area contributed by atoms with E-state index in [0.29, 0.717) is 27.9 Å².